The first kappa shape index (κ1) is 23.2. The average molecular weight is 404 g/mol. The van der Waals surface area contributed by atoms with Crippen LogP contribution in [0.3, 0.4) is 0 Å². The number of piperidine rings is 1. The van der Waals surface area contributed by atoms with E-state index in [2.05, 4.69) is 17.9 Å². The summed E-state index contributed by atoms with van der Waals surface area (Å²) in [5.74, 6) is 0.774. The van der Waals surface area contributed by atoms with Gasteiger partial charge in [0.1, 0.15) is 0 Å². The molecule has 2 saturated heterocycles. The van der Waals surface area contributed by atoms with E-state index < -0.39 is 0 Å². The van der Waals surface area contributed by atoms with Crippen molar-refractivity contribution < 1.29 is 9.53 Å². The number of ether oxygens (including phenoxy) is 1. The Balaban J connectivity index is 0.00000169. The van der Waals surface area contributed by atoms with E-state index in [4.69, 9.17) is 10.5 Å². The van der Waals surface area contributed by atoms with Crippen molar-refractivity contribution in [3.05, 3.63) is 35.4 Å². The molecule has 1 amide bonds. The number of carbonyl (C=O) groups excluding carboxylic acids is 1. The van der Waals surface area contributed by atoms with Gasteiger partial charge in [0.25, 0.3) is 5.91 Å². The Labute approximate surface area is 169 Å². The predicted molar refractivity (Wildman–Crippen MR) is 109 cm³/mol. The fourth-order valence-electron chi connectivity index (χ4n) is 3.73. The highest BCUT2D eigenvalue weighted by Crippen LogP contribution is 2.24. The third-order valence-electron chi connectivity index (χ3n) is 5.19. The summed E-state index contributed by atoms with van der Waals surface area (Å²) < 4.78 is 5.40. The van der Waals surface area contributed by atoms with E-state index in [0.29, 0.717) is 12.5 Å². The molecule has 0 bridgehead atoms. The third kappa shape index (κ3) is 5.83. The van der Waals surface area contributed by atoms with Crippen LogP contribution >= 0.6 is 24.8 Å². The van der Waals surface area contributed by atoms with E-state index in [1.165, 1.54) is 5.56 Å². The molecule has 7 heteroatoms. The number of morpholine rings is 1. The van der Waals surface area contributed by atoms with Gasteiger partial charge in [-0.2, -0.15) is 0 Å². The first-order valence-electron chi connectivity index (χ1n) is 9.07. The molecule has 26 heavy (non-hydrogen) atoms. The summed E-state index contributed by atoms with van der Waals surface area (Å²) in [6.45, 7) is 7.98. The lowest BCUT2D eigenvalue weighted by Gasteiger charge is -2.38. The number of hydrogen-bond acceptors (Lipinski definition) is 4. The molecule has 2 unspecified atom stereocenters. The molecule has 2 heterocycles. The van der Waals surface area contributed by atoms with E-state index in [0.717, 1.165) is 57.8 Å². The minimum atomic E-state index is 0. The number of halogens is 2. The largest absolute Gasteiger partial charge is 0.379 e. The highest BCUT2D eigenvalue weighted by Gasteiger charge is 2.29. The smallest absolute Gasteiger partial charge is 0.254 e. The van der Waals surface area contributed by atoms with Crippen LogP contribution < -0.4 is 5.73 Å². The van der Waals surface area contributed by atoms with Crippen molar-refractivity contribution in [3.63, 3.8) is 0 Å². The fourth-order valence-corrected chi connectivity index (χ4v) is 3.73. The molecule has 3 rings (SSSR count). The first-order valence-corrected chi connectivity index (χ1v) is 9.07. The zero-order valence-electron chi connectivity index (χ0n) is 15.4. The van der Waals surface area contributed by atoms with Gasteiger partial charge in [-0.05, 0) is 36.5 Å². The van der Waals surface area contributed by atoms with Gasteiger partial charge in [0.15, 0.2) is 0 Å². The van der Waals surface area contributed by atoms with Gasteiger partial charge in [-0.1, -0.05) is 19.1 Å². The van der Waals surface area contributed by atoms with E-state index in [9.17, 15) is 4.79 Å². The van der Waals surface area contributed by atoms with Crippen molar-refractivity contribution in [2.45, 2.75) is 32.4 Å². The number of amides is 1. The van der Waals surface area contributed by atoms with Crippen molar-refractivity contribution in [3.8, 4) is 0 Å². The number of nitrogens with two attached hydrogens (primary N) is 1. The van der Waals surface area contributed by atoms with Gasteiger partial charge in [-0.15, -0.1) is 24.8 Å². The van der Waals surface area contributed by atoms with E-state index in [-0.39, 0.29) is 36.8 Å². The predicted octanol–water partition coefficient (Wildman–Crippen LogP) is 2.56. The minimum Gasteiger partial charge on any atom is -0.379 e. The van der Waals surface area contributed by atoms with Crippen LogP contribution in [0.5, 0.6) is 0 Å². The van der Waals surface area contributed by atoms with Crippen LogP contribution in [0, 0.1) is 5.92 Å². The second-order valence-corrected chi connectivity index (χ2v) is 7.11. The average Bonchev–Trinajstić information content (AvgIpc) is 2.62. The molecular formula is C19H31Cl2N3O2. The summed E-state index contributed by atoms with van der Waals surface area (Å²) in [5.41, 5.74) is 7.89. The Morgan fingerprint density at radius 3 is 2.65 bits per heavy atom. The number of nitrogens with zero attached hydrogens (tertiary/aromatic N) is 2. The van der Waals surface area contributed by atoms with E-state index in [1.807, 2.05) is 23.1 Å². The van der Waals surface area contributed by atoms with E-state index >= 15 is 0 Å². The molecular weight excluding hydrogens is 373 g/mol. The zero-order valence-corrected chi connectivity index (χ0v) is 17.1. The number of benzene rings is 1. The Hall–Kier alpha value is -0.850. The maximum absolute atomic E-state index is 13.0. The Morgan fingerprint density at radius 2 is 1.96 bits per heavy atom. The lowest BCUT2D eigenvalue weighted by Crippen LogP contribution is -2.49. The van der Waals surface area contributed by atoms with Gasteiger partial charge in [-0.3, -0.25) is 9.69 Å². The number of rotatable bonds is 4. The van der Waals surface area contributed by atoms with Crippen LogP contribution in [-0.2, 0) is 11.3 Å². The topological polar surface area (TPSA) is 58.8 Å². The summed E-state index contributed by atoms with van der Waals surface area (Å²) >= 11 is 0. The molecule has 2 aliphatic heterocycles. The maximum Gasteiger partial charge on any atom is 0.254 e. The van der Waals surface area contributed by atoms with Crippen LogP contribution in [0.1, 0.15) is 35.7 Å². The second-order valence-electron chi connectivity index (χ2n) is 7.11. The van der Waals surface area contributed by atoms with Crippen LogP contribution in [0.2, 0.25) is 0 Å². The van der Waals surface area contributed by atoms with Gasteiger partial charge in [0.05, 0.1) is 13.2 Å². The van der Waals surface area contributed by atoms with Gasteiger partial charge in [0.2, 0.25) is 0 Å². The van der Waals surface area contributed by atoms with Crippen LogP contribution in [0.25, 0.3) is 0 Å². The Kier molecular flexibility index (Phi) is 9.90. The van der Waals surface area contributed by atoms with E-state index in [1.54, 1.807) is 0 Å². The number of carbonyl (C=O) groups is 1. The summed E-state index contributed by atoms with van der Waals surface area (Å²) in [6.07, 6.45) is 2.07. The summed E-state index contributed by atoms with van der Waals surface area (Å²) in [6, 6.07) is 8.24. The lowest BCUT2D eigenvalue weighted by molar-refractivity contribution is 0.0341. The van der Waals surface area contributed by atoms with Crippen molar-refractivity contribution in [2.75, 3.05) is 39.4 Å². The monoisotopic (exact) mass is 403 g/mol. The third-order valence-corrected chi connectivity index (χ3v) is 5.19. The minimum absolute atomic E-state index is 0. The number of likely N-dealkylation sites (tertiary alicyclic amines) is 1. The quantitative estimate of drug-likeness (QED) is 0.838. The highest BCUT2D eigenvalue weighted by atomic mass is 35.5. The van der Waals surface area contributed by atoms with Gasteiger partial charge >= 0.3 is 0 Å². The van der Waals surface area contributed by atoms with Gasteiger partial charge < -0.3 is 15.4 Å². The molecule has 2 fully saturated rings. The van der Waals surface area contributed by atoms with Crippen LogP contribution in [-0.4, -0.2) is 61.1 Å². The maximum atomic E-state index is 13.0. The second kappa shape index (κ2) is 11.1. The number of hydrogen-bond donors (Lipinski definition) is 1. The molecule has 0 aliphatic carbocycles. The molecule has 1 aromatic carbocycles. The van der Waals surface area contributed by atoms with Crippen molar-refractivity contribution in [1.82, 2.24) is 9.80 Å². The molecule has 0 radical (unpaired) electrons. The molecule has 2 atom stereocenters. The first-order chi connectivity index (χ1) is 11.7. The molecule has 1 aromatic rings. The van der Waals surface area contributed by atoms with Crippen molar-refractivity contribution >= 4 is 30.7 Å². The molecule has 5 nitrogen and oxygen atoms in total. The van der Waals surface area contributed by atoms with Crippen molar-refractivity contribution in [1.29, 1.82) is 0 Å². The standard InChI is InChI=1S/C19H29N3O2.2ClH/c1-15-5-6-22(18(11-15)13-20)19(23)17-4-2-3-16(12-17)14-21-7-9-24-10-8-21;;/h2-4,12,15,18H,5-11,13-14,20H2,1H3;2*1H. The van der Waals surface area contributed by atoms with Crippen LogP contribution in [0.15, 0.2) is 24.3 Å². The van der Waals surface area contributed by atoms with Gasteiger partial charge in [0, 0.05) is 44.3 Å². The molecule has 0 aromatic heterocycles. The summed E-state index contributed by atoms with van der Waals surface area (Å²) in [5, 5.41) is 0. The zero-order chi connectivity index (χ0) is 16.9. The molecule has 0 spiro atoms. The molecule has 2 aliphatic rings. The normalized spacial score (nSPS) is 23.7. The molecule has 0 saturated carbocycles. The molecule has 2 N–H and O–H groups in total. The Morgan fingerprint density at radius 1 is 1.23 bits per heavy atom. The SMILES string of the molecule is CC1CCN(C(=O)c2cccc(CN3CCOCC3)c2)C(CN)C1.Cl.Cl. The van der Waals surface area contributed by atoms with Gasteiger partial charge in [-0.25, -0.2) is 0 Å². The van der Waals surface area contributed by atoms with Crippen LogP contribution in [0.4, 0.5) is 0 Å². The summed E-state index contributed by atoms with van der Waals surface area (Å²) in [7, 11) is 0. The summed E-state index contributed by atoms with van der Waals surface area (Å²) in [4.78, 5) is 17.3. The highest BCUT2D eigenvalue weighted by molar-refractivity contribution is 5.94. The lowest BCUT2D eigenvalue weighted by atomic mass is 9.91. The molecule has 148 valence electrons. The fraction of sp³-hybridized carbons (Fsp3) is 0.632. The Bertz CT molecular complexity index is 567. The van der Waals surface area contributed by atoms with Crippen molar-refractivity contribution in [2.24, 2.45) is 11.7 Å².